The Morgan fingerprint density at radius 3 is 0.714 bits per heavy atom. The predicted octanol–water partition coefficient (Wildman–Crippen LogP) is 0.883. The Labute approximate surface area is 268 Å². The van der Waals surface area contributed by atoms with Crippen molar-refractivity contribution in [3.05, 3.63) is 21.3 Å². The van der Waals surface area contributed by atoms with Gasteiger partial charge in [0.05, 0.1) is 52.1 Å². The molecule has 0 aromatic rings. The van der Waals surface area contributed by atoms with Gasteiger partial charge in [-0.25, -0.2) is 0 Å². The van der Waals surface area contributed by atoms with E-state index < -0.39 is 48.0 Å². The standard InChI is InChI=1S/4C6H9NO3.2Rh/c4*1-10-6(9)4-2-3-5(8)7-4;;/h4*4H,2-3H2,1H3,(H,7,8);;/q;;;;2*+2/p-4/t4*4-;;/m1111../s1. The molecule has 4 aliphatic heterocycles. The molecule has 2 radical (unpaired) electrons. The fraction of sp³-hybridized carbons (Fsp3) is 0.667. The predicted molar refractivity (Wildman–Crippen MR) is 134 cm³/mol. The van der Waals surface area contributed by atoms with Crippen molar-refractivity contribution in [2.45, 2.75) is 75.5 Å². The van der Waals surface area contributed by atoms with Gasteiger partial charge < -0.3 is 59.4 Å². The SMILES string of the molecule is COC(=O)[C@H]1CCC(=O)[N-]1.COC(=O)[C@H]1CCC(=O)[N-]1.COC(=O)[C@H]1CCC(=O)[N-]1.COC(=O)[C@H]1CCC(=O)[N-]1.[Rh+2].[Rh+2]. The first-order valence-electron chi connectivity index (χ1n) is 12.2. The molecule has 4 aliphatic rings. The van der Waals surface area contributed by atoms with E-state index in [4.69, 9.17) is 0 Å². The van der Waals surface area contributed by atoms with Gasteiger partial charge in [-0.05, 0) is 49.9 Å². The first-order chi connectivity index (χ1) is 18.9. The number of nitrogens with zero attached hydrogens (tertiary/aromatic N) is 4. The molecule has 4 amide bonds. The molecule has 0 aromatic carbocycles. The molecule has 4 atom stereocenters. The van der Waals surface area contributed by atoms with Crippen LogP contribution in [-0.2, 0) is 96.3 Å². The average Bonchev–Trinajstić information content (AvgIpc) is 3.77. The van der Waals surface area contributed by atoms with E-state index in [0.717, 1.165) is 0 Å². The van der Waals surface area contributed by atoms with Crippen molar-refractivity contribution >= 4 is 47.5 Å². The monoisotopic (exact) mass is 774 g/mol. The van der Waals surface area contributed by atoms with Crippen molar-refractivity contribution < 1.29 is 96.3 Å². The van der Waals surface area contributed by atoms with E-state index in [9.17, 15) is 38.4 Å². The second-order valence-corrected chi connectivity index (χ2v) is 8.40. The third-order valence-corrected chi connectivity index (χ3v) is 5.62. The number of rotatable bonds is 4. The molecule has 0 aliphatic carbocycles. The second-order valence-electron chi connectivity index (χ2n) is 8.40. The van der Waals surface area contributed by atoms with E-state index in [-0.39, 0.29) is 62.6 Å². The molecule has 4 rings (SSSR count). The van der Waals surface area contributed by atoms with E-state index >= 15 is 0 Å². The van der Waals surface area contributed by atoms with Gasteiger partial charge >= 0.3 is 39.0 Å². The number of methoxy groups -OCH3 is 4. The summed E-state index contributed by atoms with van der Waals surface area (Å²) in [5.41, 5.74) is 0. The van der Waals surface area contributed by atoms with Gasteiger partial charge in [0.1, 0.15) is 0 Å². The molecular formula is C24H32N4O12Rh2. The first kappa shape index (κ1) is 41.1. The maximum absolute atomic E-state index is 10.7. The molecule has 4 saturated heterocycles. The van der Waals surface area contributed by atoms with Crippen molar-refractivity contribution in [1.82, 2.24) is 0 Å². The molecule has 16 nitrogen and oxygen atoms in total. The van der Waals surface area contributed by atoms with Gasteiger partial charge in [-0.2, -0.15) is 0 Å². The van der Waals surface area contributed by atoms with E-state index in [1.807, 2.05) is 0 Å². The molecule has 0 N–H and O–H groups in total. The summed E-state index contributed by atoms with van der Waals surface area (Å²) in [6, 6.07) is -2.12. The molecule has 0 bridgehead atoms. The van der Waals surface area contributed by atoms with Gasteiger partial charge in [0, 0.05) is 0 Å². The number of hydrogen-bond acceptors (Lipinski definition) is 12. The van der Waals surface area contributed by atoms with Crippen molar-refractivity contribution in [3.8, 4) is 0 Å². The molecule has 4 heterocycles. The zero-order valence-corrected chi connectivity index (χ0v) is 26.6. The van der Waals surface area contributed by atoms with Crippen LogP contribution in [0.25, 0.3) is 21.3 Å². The smallest absolute Gasteiger partial charge is 0.642 e. The first-order valence-corrected chi connectivity index (χ1v) is 12.2. The van der Waals surface area contributed by atoms with Crippen LogP contribution >= 0.6 is 0 Å². The fourth-order valence-corrected chi connectivity index (χ4v) is 3.48. The van der Waals surface area contributed by atoms with Gasteiger partial charge in [-0.1, -0.05) is 25.7 Å². The molecule has 238 valence electrons. The van der Waals surface area contributed by atoms with Crippen LogP contribution < -0.4 is 0 Å². The number of carbonyl (C=O) groups is 8. The molecule has 4 fully saturated rings. The van der Waals surface area contributed by atoms with Gasteiger partial charge in [0.2, 0.25) is 0 Å². The quantitative estimate of drug-likeness (QED) is 0.220. The van der Waals surface area contributed by atoms with Crippen molar-refractivity contribution in [2.75, 3.05) is 28.4 Å². The number of amides is 4. The molecule has 42 heavy (non-hydrogen) atoms. The van der Waals surface area contributed by atoms with Gasteiger partial charge in [0.25, 0.3) is 23.9 Å². The average molecular weight is 774 g/mol. The minimum absolute atomic E-state index is 0. The van der Waals surface area contributed by atoms with Crippen LogP contribution in [0.2, 0.25) is 0 Å². The number of ether oxygens (including phenoxy) is 4. The summed E-state index contributed by atoms with van der Waals surface area (Å²) in [5, 5.41) is 14.2. The van der Waals surface area contributed by atoms with Gasteiger partial charge in [0.15, 0.2) is 0 Å². The molecule has 0 aromatic heterocycles. The Kier molecular flexibility index (Phi) is 21.2. The van der Waals surface area contributed by atoms with E-state index in [1.54, 1.807) is 0 Å². The van der Waals surface area contributed by atoms with Gasteiger partial charge in [-0.3, -0.25) is 19.2 Å². The third kappa shape index (κ3) is 14.8. The van der Waals surface area contributed by atoms with Gasteiger partial charge in [-0.15, -0.1) is 0 Å². The summed E-state index contributed by atoms with van der Waals surface area (Å²) in [5.74, 6) is -2.44. The zero-order valence-electron chi connectivity index (χ0n) is 23.3. The minimum atomic E-state index is -0.530. The van der Waals surface area contributed by atoms with Crippen molar-refractivity contribution in [2.24, 2.45) is 0 Å². The third-order valence-electron chi connectivity index (χ3n) is 5.62. The molecule has 0 saturated carbocycles. The van der Waals surface area contributed by atoms with Crippen LogP contribution in [0.15, 0.2) is 0 Å². The number of carbonyl (C=O) groups excluding carboxylic acids is 8. The van der Waals surface area contributed by atoms with Crippen molar-refractivity contribution in [3.63, 3.8) is 0 Å². The number of hydrogen-bond donors (Lipinski definition) is 0. The van der Waals surface area contributed by atoms with Crippen LogP contribution in [0, 0.1) is 0 Å². The fourth-order valence-electron chi connectivity index (χ4n) is 3.48. The summed E-state index contributed by atoms with van der Waals surface area (Å²) in [7, 11) is 5.17. The van der Waals surface area contributed by atoms with E-state index in [2.05, 4.69) is 40.2 Å². The topological polar surface area (TPSA) is 230 Å². The Morgan fingerprint density at radius 1 is 0.452 bits per heavy atom. The maximum atomic E-state index is 10.7. The second kappa shape index (κ2) is 21.7. The number of esters is 4. The summed E-state index contributed by atoms with van der Waals surface area (Å²) >= 11 is 0. The van der Waals surface area contributed by atoms with Crippen LogP contribution in [-0.4, -0.2) is 100 Å². The van der Waals surface area contributed by atoms with Crippen LogP contribution in [0.1, 0.15) is 51.4 Å². The molecule has 18 heteroatoms. The zero-order chi connectivity index (χ0) is 30.2. The summed E-state index contributed by atoms with van der Waals surface area (Å²) in [4.78, 5) is 84.8. The van der Waals surface area contributed by atoms with Crippen molar-refractivity contribution in [1.29, 1.82) is 0 Å². The Balaban J connectivity index is 0. The van der Waals surface area contributed by atoms with Crippen LogP contribution in [0.5, 0.6) is 0 Å². The molecular weight excluding hydrogens is 742 g/mol. The minimum Gasteiger partial charge on any atom is -0.642 e. The summed E-state index contributed by atoms with van der Waals surface area (Å²) in [6.45, 7) is 0. The Bertz CT molecular complexity index is 829. The Hall–Kier alpha value is -2.99. The largest absolute Gasteiger partial charge is 2.00 e. The van der Waals surface area contributed by atoms with Crippen LogP contribution in [0.4, 0.5) is 0 Å². The summed E-state index contributed by atoms with van der Waals surface area (Å²) < 4.78 is 17.6. The van der Waals surface area contributed by atoms with Crippen LogP contribution in [0.3, 0.4) is 0 Å². The van der Waals surface area contributed by atoms with E-state index in [0.29, 0.717) is 51.4 Å². The normalized spacial score (nSPS) is 23.0. The summed E-state index contributed by atoms with van der Waals surface area (Å²) in [6.07, 6.45) is 3.52. The maximum Gasteiger partial charge on any atom is 2.00 e. The molecule has 0 spiro atoms. The van der Waals surface area contributed by atoms with E-state index in [1.165, 1.54) is 28.4 Å². The Morgan fingerprint density at radius 2 is 0.619 bits per heavy atom. The molecule has 0 unspecified atom stereocenters.